The summed E-state index contributed by atoms with van der Waals surface area (Å²) in [6.07, 6.45) is 0.715. The van der Waals surface area contributed by atoms with Gasteiger partial charge in [0.1, 0.15) is 5.75 Å². The SMILES string of the molecule is CCC(Br)C(=O)N(CCO)Cc1ccccc1OC. The molecule has 1 aromatic carbocycles. The van der Waals surface area contributed by atoms with E-state index in [-0.39, 0.29) is 17.3 Å². The van der Waals surface area contributed by atoms with Crippen LogP contribution in [0, 0.1) is 0 Å². The second kappa shape index (κ2) is 8.17. The lowest BCUT2D eigenvalue weighted by Crippen LogP contribution is -2.38. The lowest BCUT2D eigenvalue weighted by atomic mass is 10.1. The fourth-order valence-corrected chi connectivity index (χ4v) is 2.09. The molecule has 1 N–H and O–H groups in total. The number of ether oxygens (including phenoxy) is 1. The molecule has 0 aliphatic rings. The van der Waals surface area contributed by atoms with Crippen LogP contribution in [0.4, 0.5) is 0 Å². The first-order chi connectivity index (χ1) is 9.13. The highest BCUT2D eigenvalue weighted by Crippen LogP contribution is 2.20. The maximum Gasteiger partial charge on any atom is 0.236 e. The van der Waals surface area contributed by atoms with Crippen molar-refractivity contribution in [3.8, 4) is 5.75 Å². The second-order valence-electron chi connectivity index (χ2n) is 4.17. The van der Waals surface area contributed by atoms with Crippen LogP contribution in [-0.2, 0) is 11.3 Å². The van der Waals surface area contributed by atoms with E-state index in [1.54, 1.807) is 12.0 Å². The molecular weight excluding hydrogens is 310 g/mol. The molecule has 0 aliphatic carbocycles. The summed E-state index contributed by atoms with van der Waals surface area (Å²) in [5, 5.41) is 9.10. The highest BCUT2D eigenvalue weighted by atomic mass is 79.9. The number of carbonyl (C=O) groups excluding carboxylic acids is 1. The first-order valence-electron chi connectivity index (χ1n) is 6.29. The Labute approximate surface area is 122 Å². The molecule has 0 saturated carbocycles. The molecule has 1 unspecified atom stereocenters. The first-order valence-corrected chi connectivity index (χ1v) is 7.21. The van der Waals surface area contributed by atoms with E-state index in [4.69, 9.17) is 9.84 Å². The normalized spacial score (nSPS) is 12.0. The molecule has 0 bridgehead atoms. The van der Waals surface area contributed by atoms with Gasteiger partial charge in [0.15, 0.2) is 0 Å². The number of nitrogens with zero attached hydrogens (tertiary/aromatic N) is 1. The van der Waals surface area contributed by atoms with Gasteiger partial charge in [-0.1, -0.05) is 41.1 Å². The third-order valence-corrected chi connectivity index (χ3v) is 3.90. The minimum Gasteiger partial charge on any atom is -0.496 e. The van der Waals surface area contributed by atoms with Gasteiger partial charge >= 0.3 is 0 Å². The van der Waals surface area contributed by atoms with Crippen LogP contribution in [0.3, 0.4) is 0 Å². The summed E-state index contributed by atoms with van der Waals surface area (Å²) in [6, 6.07) is 7.58. The molecule has 4 nitrogen and oxygen atoms in total. The number of aliphatic hydroxyl groups excluding tert-OH is 1. The standard InChI is InChI=1S/C14H20BrNO3/c1-3-12(15)14(18)16(8-9-17)10-11-6-4-5-7-13(11)19-2/h4-7,12,17H,3,8-10H2,1-2H3. The highest BCUT2D eigenvalue weighted by Gasteiger charge is 2.21. The van der Waals surface area contributed by atoms with Crippen LogP contribution in [0.15, 0.2) is 24.3 Å². The largest absolute Gasteiger partial charge is 0.496 e. The van der Waals surface area contributed by atoms with Crippen LogP contribution in [0.25, 0.3) is 0 Å². The van der Waals surface area contributed by atoms with Gasteiger partial charge in [0.05, 0.1) is 18.5 Å². The van der Waals surface area contributed by atoms with Crippen molar-refractivity contribution in [2.24, 2.45) is 0 Å². The molecule has 0 heterocycles. The number of carbonyl (C=O) groups is 1. The summed E-state index contributed by atoms with van der Waals surface area (Å²) >= 11 is 3.36. The van der Waals surface area contributed by atoms with Gasteiger partial charge in [-0.15, -0.1) is 0 Å². The third kappa shape index (κ3) is 4.51. The average molecular weight is 330 g/mol. The van der Waals surface area contributed by atoms with E-state index in [2.05, 4.69) is 15.9 Å². The Bertz CT molecular complexity index is 411. The average Bonchev–Trinajstić information content (AvgIpc) is 2.45. The molecule has 0 saturated heterocycles. The minimum absolute atomic E-state index is 0.0116. The minimum atomic E-state index is -0.214. The number of hydrogen-bond donors (Lipinski definition) is 1. The summed E-state index contributed by atoms with van der Waals surface area (Å²) in [5.41, 5.74) is 0.933. The molecule has 0 radical (unpaired) electrons. The summed E-state index contributed by atoms with van der Waals surface area (Å²) in [7, 11) is 1.61. The Kier molecular flexibility index (Phi) is 6.87. The predicted molar refractivity (Wildman–Crippen MR) is 78.5 cm³/mol. The van der Waals surface area contributed by atoms with Gasteiger partial charge in [-0.05, 0) is 12.5 Å². The Morgan fingerprint density at radius 2 is 2.16 bits per heavy atom. The molecular formula is C14H20BrNO3. The van der Waals surface area contributed by atoms with Crippen molar-refractivity contribution in [1.82, 2.24) is 4.90 Å². The Morgan fingerprint density at radius 1 is 1.47 bits per heavy atom. The van der Waals surface area contributed by atoms with Crippen molar-refractivity contribution in [3.63, 3.8) is 0 Å². The lowest BCUT2D eigenvalue weighted by Gasteiger charge is -2.24. The van der Waals surface area contributed by atoms with Crippen molar-refractivity contribution in [2.45, 2.75) is 24.7 Å². The fraction of sp³-hybridized carbons (Fsp3) is 0.500. The van der Waals surface area contributed by atoms with Crippen molar-refractivity contribution in [2.75, 3.05) is 20.3 Å². The van der Waals surface area contributed by atoms with E-state index in [0.29, 0.717) is 19.5 Å². The van der Waals surface area contributed by atoms with E-state index in [1.165, 1.54) is 0 Å². The summed E-state index contributed by atoms with van der Waals surface area (Å²) in [5.74, 6) is 0.739. The number of alkyl halides is 1. The number of para-hydroxylation sites is 1. The molecule has 0 aromatic heterocycles. The zero-order chi connectivity index (χ0) is 14.3. The maximum absolute atomic E-state index is 12.2. The number of hydrogen-bond acceptors (Lipinski definition) is 3. The van der Waals surface area contributed by atoms with Crippen LogP contribution < -0.4 is 4.74 Å². The smallest absolute Gasteiger partial charge is 0.236 e. The molecule has 1 atom stereocenters. The van der Waals surface area contributed by atoms with Gasteiger partial charge in [0, 0.05) is 18.7 Å². The van der Waals surface area contributed by atoms with Crippen LogP contribution >= 0.6 is 15.9 Å². The van der Waals surface area contributed by atoms with Crippen molar-refractivity contribution in [3.05, 3.63) is 29.8 Å². The van der Waals surface area contributed by atoms with Gasteiger partial charge in [-0.25, -0.2) is 0 Å². The predicted octanol–water partition coefficient (Wildman–Crippen LogP) is 2.19. The lowest BCUT2D eigenvalue weighted by molar-refractivity contribution is -0.131. The van der Waals surface area contributed by atoms with Crippen LogP contribution in [-0.4, -0.2) is 41.0 Å². The molecule has 19 heavy (non-hydrogen) atoms. The van der Waals surface area contributed by atoms with Gasteiger partial charge in [-0.2, -0.15) is 0 Å². The molecule has 1 rings (SSSR count). The Balaban J connectivity index is 2.86. The van der Waals surface area contributed by atoms with Crippen molar-refractivity contribution >= 4 is 21.8 Å². The van der Waals surface area contributed by atoms with Gasteiger partial charge < -0.3 is 14.7 Å². The number of halogens is 1. The van der Waals surface area contributed by atoms with E-state index in [0.717, 1.165) is 11.3 Å². The first kappa shape index (κ1) is 16.0. The maximum atomic E-state index is 12.2. The van der Waals surface area contributed by atoms with Gasteiger partial charge in [0.25, 0.3) is 0 Å². The quantitative estimate of drug-likeness (QED) is 0.780. The number of aliphatic hydroxyl groups is 1. The Morgan fingerprint density at radius 3 is 2.74 bits per heavy atom. The number of rotatable bonds is 7. The van der Waals surface area contributed by atoms with Gasteiger partial charge in [-0.3, -0.25) is 4.79 Å². The zero-order valence-electron chi connectivity index (χ0n) is 11.3. The number of amides is 1. The monoisotopic (exact) mass is 329 g/mol. The third-order valence-electron chi connectivity index (χ3n) is 2.86. The number of benzene rings is 1. The molecule has 5 heteroatoms. The van der Waals surface area contributed by atoms with Gasteiger partial charge in [0.2, 0.25) is 5.91 Å². The van der Waals surface area contributed by atoms with Crippen molar-refractivity contribution < 1.29 is 14.6 Å². The number of methoxy groups -OCH3 is 1. The van der Waals surface area contributed by atoms with Crippen LogP contribution in [0.2, 0.25) is 0 Å². The molecule has 106 valence electrons. The molecule has 0 aliphatic heterocycles. The fourth-order valence-electron chi connectivity index (χ4n) is 1.80. The van der Waals surface area contributed by atoms with Crippen molar-refractivity contribution in [1.29, 1.82) is 0 Å². The van der Waals surface area contributed by atoms with E-state index < -0.39 is 0 Å². The van der Waals surface area contributed by atoms with E-state index in [9.17, 15) is 4.79 Å². The molecule has 1 amide bonds. The topological polar surface area (TPSA) is 49.8 Å². The zero-order valence-corrected chi connectivity index (χ0v) is 12.9. The van der Waals surface area contributed by atoms with E-state index in [1.807, 2.05) is 31.2 Å². The molecule has 0 spiro atoms. The molecule has 0 fully saturated rings. The van der Waals surface area contributed by atoms with Crippen LogP contribution in [0.5, 0.6) is 5.75 Å². The highest BCUT2D eigenvalue weighted by molar-refractivity contribution is 9.10. The van der Waals surface area contributed by atoms with E-state index >= 15 is 0 Å². The summed E-state index contributed by atoms with van der Waals surface area (Å²) in [4.78, 5) is 13.6. The van der Waals surface area contributed by atoms with Crippen LogP contribution in [0.1, 0.15) is 18.9 Å². The summed E-state index contributed by atoms with van der Waals surface area (Å²) < 4.78 is 5.28. The molecule has 1 aromatic rings. The Hall–Kier alpha value is -1.07. The second-order valence-corrected chi connectivity index (χ2v) is 5.28. The summed E-state index contributed by atoms with van der Waals surface area (Å²) in [6.45, 7) is 2.65.